The number of benzene rings is 1. The molecule has 1 amide bonds. The van der Waals surface area contributed by atoms with E-state index >= 15 is 0 Å². The molecule has 1 heterocycles. The van der Waals surface area contributed by atoms with E-state index in [9.17, 15) is 4.79 Å². The van der Waals surface area contributed by atoms with E-state index in [0.717, 1.165) is 30.9 Å². The molecule has 0 spiro atoms. The maximum atomic E-state index is 12.3. The van der Waals surface area contributed by atoms with Crippen LogP contribution in [-0.4, -0.2) is 36.5 Å². The first kappa shape index (κ1) is 15.8. The SMILES string of the molecule is Cc1cc(NN)ccc1C(=O)NC(C)CN1CCCCC1. The number of hydrazine groups is 1. The average Bonchev–Trinajstić information content (AvgIpc) is 2.47. The lowest BCUT2D eigenvalue weighted by atomic mass is 10.1. The number of amides is 1. The molecule has 0 aromatic heterocycles. The zero-order valence-corrected chi connectivity index (χ0v) is 13.0. The Balaban J connectivity index is 1.90. The number of nitrogens with two attached hydrogens (primary N) is 1. The quantitative estimate of drug-likeness (QED) is 0.572. The normalized spacial score (nSPS) is 17.3. The maximum Gasteiger partial charge on any atom is 0.251 e. The predicted octanol–water partition coefficient (Wildman–Crippen LogP) is 1.88. The standard InChI is InChI=1S/C16H26N4O/c1-12-10-14(19-17)6-7-15(12)16(21)18-13(2)11-20-8-4-3-5-9-20/h6-7,10,13,19H,3-5,8-9,11,17H2,1-2H3,(H,18,21). The van der Waals surface area contributed by atoms with Crippen molar-refractivity contribution in [1.29, 1.82) is 0 Å². The van der Waals surface area contributed by atoms with Crippen LogP contribution in [0.2, 0.25) is 0 Å². The molecule has 1 aliphatic heterocycles. The van der Waals surface area contributed by atoms with E-state index in [0.29, 0.717) is 5.56 Å². The van der Waals surface area contributed by atoms with Crippen molar-refractivity contribution in [2.75, 3.05) is 25.1 Å². The topological polar surface area (TPSA) is 70.4 Å². The number of carbonyl (C=O) groups is 1. The Morgan fingerprint density at radius 1 is 1.33 bits per heavy atom. The predicted molar refractivity (Wildman–Crippen MR) is 86.2 cm³/mol. The van der Waals surface area contributed by atoms with Crippen molar-refractivity contribution in [2.45, 2.75) is 39.2 Å². The summed E-state index contributed by atoms with van der Waals surface area (Å²) in [6.07, 6.45) is 3.87. The summed E-state index contributed by atoms with van der Waals surface area (Å²) in [5.41, 5.74) is 5.03. The van der Waals surface area contributed by atoms with Crippen molar-refractivity contribution in [3.63, 3.8) is 0 Å². The molecule has 1 aliphatic rings. The monoisotopic (exact) mass is 290 g/mol. The van der Waals surface area contributed by atoms with Gasteiger partial charge in [-0.3, -0.25) is 10.6 Å². The van der Waals surface area contributed by atoms with Crippen LogP contribution in [-0.2, 0) is 0 Å². The van der Waals surface area contributed by atoms with Gasteiger partial charge in [0.05, 0.1) is 0 Å². The fraction of sp³-hybridized carbons (Fsp3) is 0.562. The molecular weight excluding hydrogens is 264 g/mol. The molecule has 1 aromatic carbocycles. The fourth-order valence-electron chi connectivity index (χ4n) is 2.88. The number of nitrogen functional groups attached to an aromatic ring is 1. The van der Waals surface area contributed by atoms with E-state index in [-0.39, 0.29) is 11.9 Å². The number of anilines is 1. The third kappa shape index (κ3) is 4.44. The number of rotatable bonds is 5. The molecule has 0 radical (unpaired) electrons. The summed E-state index contributed by atoms with van der Waals surface area (Å²) in [5, 5.41) is 3.09. The second kappa shape index (κ2) is 7.43. The first-order valence-corrected chi connectivity index (χ1v) is 7.70. The molecule has 1 aromatic rings. The summed E-state index contributed by atoms with van der Waals surface area (Å²) in [7, 11) is 0. The molecule has 1 unspecified atom stereocenters. The van der Waals surface area contributed by atoms with Gasteiger partial charge < -0.3 is 15.6 Å². The molecule has 1 fully saturated rings. The van der Waals surface area contributed by atoms with Crippen LogP contribution in [0.15, 0.2) is 18.2 Å². The molecular formula is C16H26N4O. The first-order valence-electron chi connectivity index (χ1n) is 7.70. The lowest BCUT2D eigenvalue weighted by molar-refractivity contribution is 0.0925. The van der Waals surface area contributed by atoms with Gasteiger partial charge in [0, 0.05) is 23.8 Å². The molecule has 0 aliphatic carbocycles. The Hall–Kier alpha value is -1.59. The minimum atomic E-state index is -0.0134. The Labute approximate surface area is 126 Å². The second-order valence-corrected chi connectivity index (χ2v) is 5.91. The van der Waals surface area contributed by atoms with Gasteiger partial charge in [-0.25, -0.2) is 0 Å². The summed E-state index contributed by atoms with van der Waals surface area (Å²) in [6.45, 7) is 7.21. The highest BCUT2D eigenvalue weighted by atomic mass is 16.1. The number of carbonyl (C=O) groups excluding carboxylic acids is 1. The maximum absolute atomic E-state index is 12.3. The fourth-order valence-corrected chi connectivity index (χ4v) is 2.88. The van der Waals surface area contributed by atoms with Crippen LogP contribution in [0.5, 0.6) is 0 Å². The van der Waals surface area contributed by atoms with Crippen molar-refractivity contribution in [2.24, 2.45) is 5.84 Å². The molecule has 4 N–H and O–H groups in total. The van der Waals surface area contributed by atoms with Crippen LogP contribution >= 0.6 is 0 Å². The Morgan fingerprint density at radius 2 is 2.05 bits per heavy atom. The third-order valence-electron chi connectivity index (χ3n) is 4.00. The van der Waals surface area contributed by atoms with Gasteiger partial charge in [0.1, 0.15) is 0 Å². The number of hydrogen-bond donors (Lipinski definition) is 3. The lowest BCUT2D eigenvalue weighted by Crippen LogP contribution is -2.43. The van der Waals surface area contributed by atoms with Crippen LogP contribution < -0.4 is 16.6 Å². The van der Waals surface area contributed by atoms with E-state index in [2.05, 4.69) is 22.6 Å². The van der Waals surface area contributed by atoms with E-state index in [1.807, 2.05) is 25.1 Å². The number of aryl methyl sites for hydroxylation is 1. The van der Waals surface area contributed by atoms with Gasteiger partial charge in [-0.15, -0.1) is 0 Å². The van der Waals surface area contributed by atoms with E-state index in [1.54, 1.807) is 0 Å². The van der Waals surface area contributed by atoms with Crippen LogP contribution in [0.3, 0.4) is 0 Å². The number of piperidine rings is 1. The number of hydrogen-bond acceptors (Lipinski definition) is 4. The largest absolute Gasteiger partial charge is 0.348 e. The van der Waals surface area contributed by atoms with Gasteiger partial charge >= 0.3 is 0 Å². The van der Waals surface area contributed by atoms with Crippen molar-refractivity contribution >= 4 is 11.6 Å². The highest BCUT2D eigenvalue weighted by Gasteiger charge is 2.16. The van der Waals surface area contributed by atoms with Gasteiger partial charge in [-0.2, -0.15) is 0 Å². The highest BCUT2D eigenvalue weighted by Crippen LogP contribution is 2.14. The minimum absolute atomic E-state index is 0.0134. The average molecular weight is 290 g/mol. The van der Waals surface area contributed by atoms with Crippen molar-refractivity contribution in [3.8, 4) is 0 Å². The minimum Gasteiger partial charge on any atom is -0.348 e. The summed E-state index contributed by atoms with van der Waals surface area (Å²) in [4.78, 5) is 14.8. The molecule has 1 saturated heterocycles. The van der Waals surface area contributed by atoms with Crippen LogP contribution in [0.25, 0.3) is 0 Å². The van der Waals surface area contributed by atoms with Gasteiger partial charge in [0.25, 0.3) is 5.91 Å². The van der Waals surface area contributed by atoms with Crippen molar-refractivity contribution in [3.05, 3.63) is 29.3 Å². The molecule has 5 heteroatoms. The molecule has 0 saturated carbocycles. The van der Waals surface area contributed by atoms with Crippen LogP contribution in [0, 0.1) is 6.92 Å². The number of nitrogens with zero attached hydrogens (tertiary/aromatic N) is 1. The first-order chi connectivity index (χ1) is 10.1. The summed E-state index contributed by atoms with van der Waals surface area (Å²) in [6, 6.07) is 5.66. The summed E-state index contributed by atoms with van der Waals surface area (Å²) >= 11 is 0. The van der Waals surface area contributed by atoms with Gasteiger partial charge in [-0.05, 0) is 63.5 Å². The Bertz CT molecular complexity index is 483. The van der Waals surface area contributed by atoms with Crippen molar-refractivity contribution in [1.82, 2.24) is 10.2 Å². The van der Waals surface area contributed by atoms with E-state index < -0.39 is 0 Å². The second-order valence-electron chi connectivity index (χ2n) is 5.91. The zero-order chi connectivity index (χ0) is 15.2. The zero-order valence-electron chi connectivity index (χ0n) is 13.0. The lowest BCUT2D eigenvalue weighted by Gasteiger charge is -2.29. The Morgan fingerprint density at radius 3 is 2.67 bits per heavy atom. The highest BCUT2D eigenvalue weighted by molar-refractivity contribution is 5.96. The molecule has 2 rings (SSSR count). The number of nitrogens with one attached hydrogen (secondary N) is 2. The van der Waals surface area contributed by atoms with Crippen LogP contribution in [0.1, 0.15) is 42.1 Å². The summed E-state index contributed by atoms with van der Waals surface area (Å²) < 4.78 is 0. The molecule has 0 bridgehead atoms. The van der Waals surface area contributed by atoms with Crippen LogP contribution in [0.4, 0.5) is 5.69 Å². The summed E-state index contributed by atoms with van der Waals surface area (Å²) in [5.74, 6) is 5.36. The number of likely N-dealkylation sites (tertiary alicyclic amines) is 1. The molecule has 21 heavy (non-hydrogen) atoms. The van der Waals surface area contributed by atoms with Gasteiger partial charge in [0.15, 0.2) is 0 Å². The Kier molecular flexibility index (Phi) is 5.59. The molecule has 5 nitrogen and oxygen atoms in total. The third-order valence-corrected chi connectivity index (χ3v) is 4.00. The smallest absolute Gasteiger partial charge is 0.251 e. The van der Waals surface area contributed by atoms with Gasteiger partial charge in [-0.1, -0.05) is 6.42 Å². The van der Waals surface area contributed by atoms with E-state index in [4.69, 9.17) is 5.84 Å². The molecule has 116 valence electrons. The van der Waals surface area contributed by atoms with Crippen molar-refractivity contribution < 1.29 is 4.79 Å². The molecule has 1 atom stereocenters. The van der Waals surface area contributed by atoms with E-state index in [1.165, 1.54) is 19.3 Å². The van der Waals surface area contributed by atoms with Gasteiger partial charge in [0.2, 0.25) is 0 Å².